The molecule has 0 spiro atoms. The van der Waals surface area contributed by atoms with E-state index in [1.54, 1.807) is 0 Å². The lowest BCUT2D eigenvalue weighted by atomic mass is 9.97. The van der Waals surface area contributed by atoms with E-state index in [0.29, 0.717) is 0 Å². The van der Waals surface area contributed by atoms with Crippen LogP contribution in [-0.4, -0.2) is 9.13 Å². The third-order valence-corrected chi connectivity index (χ3v) is 12.7. The Balaban J connectivity index is 0.899. The highest BCUT2D eigenvalue weighted by molar-refractivity contribution is 6.14. The quantitative estimate of drug-likeness (QED) is 0.171. The fourth-order valence-electron chi connectivity index (χ4n) is 9.80. The number of hydrogen-bond donors (Lipinski definition) is 0. The summed E-state index contributed by atoms with van der Waals surface area (Å²) in [5, 5.41) is 9.72. The van der Waals surface area contributed by atoms with Crippen LogP contribution in [0.15, 0.2) is 223 Å². The Hall–Kier alpha value is -8.14. The summed E-state index contributed by atoms with van der Waals surface area (Å²) in [5.41, 5.74) is 15.9. The van der Waals surface area contributed by atoms with Gasteiger partial charge in [0.05, 0.1) is 22.1 Å². The zero-order chi connectivity index (χ0) is 40.0. The summed E-state index contributed by atoms with van der Waals surface area (Å²) in [4.78, 5) is 0. The van der Waals surface area contributed by atoms with E-state index in [4.69, 9.17) is 4.42 Å². The van der Waals surface area contributed by atoms with Crippen molar-refractivity contribution in [1.29, 1.82) is 0 Å². The molecule has 0 aliphatic carbocycles. The van der Waals surface area contributed by atoms with E-state index < -0.39 is 0 Å². The van der Waals surface area contributed by atoms with E-state index >= 15 is 0 Å². The van der Waals surface area contributed by atoms with Gasteiger partial charge >= 0.3 is 0 Å². The Labute approximate surface area is 351 Å². The molecule has 0 atom stereocenters. The molecule has 13 rings (SSSR count). The van der Waals surface area contributed by atoms with Crippen molar-refractivity contribution in [1.82, 2.24) is 9.13 Å². The third kappa shape index (κ3) is 5.24. The molecule has 3 heteroatoms. The summed E-state index contributed by atoms with van der Waals surface area (Å²) < 4.78 is 11.3. The van der Waals surface area contributed by atoms with Crippen molar-refractivity contribution in [2.45, 2.75) is 0 Å². The average molecular weight is 777 g/mol. The van der Waals surface area contributed by atoms with E-state index in [-0.39, 0.29) is 0 Å². The second-order valence-electron chi connectivity index (χ2n) is 16.1. The number of para-hydroxylation sites is 4. The SMILES string of the molecule is c1ccc(-n2c3ccc(-c4ccc(-c5ccc6c(c5)c5ccccc5n6-c5ccc6ccccc6c5)cc4)cc3c3ccc(-c4cccc5c4oc4ccccc45)cc32)cc1. The van der Waals surface area contributed by atoms with Gasteiger partial charge in [-0.15, -0.1) is 0 Å². The van der Waals surface area contributed by atoms with Crippen molar-refractivity contribution < 1.29 is 4.42 Å². The fourth-order valence-corrected chi connectivity index (χ4v) is 9.80. The normalized spacial score (nSPS) is 11.9. The fraction of sp³-hybridized carbons (Fsp3) is 0. The summed E-state index contributed by atoms with van der Waals surface area (Å²) in [6.45, 7) is 0. The number of furan rings is 1. The maximum atomic E-state index is 6.48. The van der Waals surface area contributed by atoms with Gasteiger partial charge in [0.15, 0.2) is 0 Å². The smallest absolute Gasteiger partial charge is 0.143 e. The van der Waals surface area contributed by atoms with E-state index in [9.17, 15) is 0 Å². The molecule has 3 heterocycles. The molecule has 3 nitrogen and oxygen atoms in total. The lowest BCUT2D eigenvalue weighted by Gasteiger charge is -2.10. The van der Waals surface area contributed by atoms with Crippen molar-refractivity contribution in [2.75, 3.05) is 0 Å². The first-order valence-corrected chi connectivity index (χ1v) is 20.9. The van der Waals surface area contributed by atoms with Crippen LogP contribution in [0.1, 0.15) is 0 Å². The Morgan fingerprint density at radius 2 is 0.852 bits per heavy atom. The van der Waals surface area contributed by atoms with Gasteiger partial charge in [0, 0.05) is 49.3 Å². The van der Waals surface area contributed by atoms with Crippen molar-refractivity contribution in [3.63, 3.8) is 0 Å². The van der Waals surface area contributed by atoms with Gasteiger partial charge in [-0.1, -0.05) is 152 Å². The third-order valence-electron chi connectivity index (χ3n) is 12.7. The maximum Gasteiger partial charge on any atom is 0.143 e. The highest BCUT2D eigenvalue weighted by atomic mass is 16.3. The lowest BCUT2D eigenvalue weighted by Crippen LogP contribution is -1.93. The first kappa shape index (κ1) is 33.8. The zero-order valence-electron chi connectivity index (χ0n) is 33.1. The largest absolute Gasteiger partial charge is 0.455 e. The number of nitrogens with zero attached hydrogens (tertiary/aromatic N) is 2. The van der Waals surface area contributed by atoms with Gasteiger partial charge in [0.2, 0.25) is 0 Å². The topological polar surface area (TPSA) is 23.0 Å². The molecule has 0 amide bonds. The average Bonchev–Trinajstić information content (AvgIpc) is 3.99. The number of hydrogen-bond acceptors (Lipinski definition) is 1. The highest BCUT2D eigenvalue weighted by Crippen LogP contribution is 2.41. The molecule has 284 valence electrons. The molecule has 0 radical (unpaired) electrons. The van der Waals surface area contributed by atoms with Crippen LogP contribution < -0.4 is 0 Å². The number of aromatic nitrogens is 2. The van der Waals surface area contributed by atoms with Gasteiger partial charge in [0.1, 0.15) is 11.2 Å². The molecule has 0 saturated heterocycles. The molecular formula is C58H36N2O. The summed E-state index contributed by atoms with van der Waals surface area (Å²) in [6.07, 6.45) is 0. The van der Waals surface area contributed by atoms with E-state index in [1.165, 1.54) is 76.8 Å². The molecule has 0 N–H and O–H groups in total. The Morgan fingerprint density at radius 3 is 1.62 bits per heavy atom. The molecule has 0 aliphatic heterocycles. The number of rotatable bonds is 5. The summed E-state index contributed by atoms with van der Waals surface area (Å²) in [6, 6.07) is 79.3. The van der Waals surface area contributed by atoms with Gasteiger partial charge in [-0.3, -0.25) is 0 Å². The van der Waals surface area contributed by atoms with Crippen molar-refractivity contribution in [2.24, 2.45) is 0 Å². The summed E-state index contributed by atoms with van der Waals surface area (Å²) >= 11 is 0. The van der Waals surface area contributed by atoms with Crippen molar-refractivity contribution in [3.05, 3.63) is 218 Å². The standard InChI is InChI=1S/C58H36N2O/c1-2-13-44(14-3-1)59-54-31-27-42(35-52(54)48-30-26-43(36-56(48)59)46-17-10-18-50-49-16-7-9-20-57(49)61-58(46)50)39-23-21-38(22-24-39)41-28-32-55-51(34-41)47-15-6-8-19-53(47)60(55)45-29-25-37-11-4-5-12-40(37)33-45/h1-36H. The minimum absolute atomic E-state index is 0.909. The predicted molar refractivity (Wildman–Crippen MR) is 256 cm³/mol. The molecule has 0 unspecified atom stereocenters. The van der Waals surface area contributed by atoms with Crippen LogP contribution in [0, 0.1) is 0 Å². The van der Waals surface area contributed by atoms with Crippen LogP contribution in [0.3, 0.4) is 0 Å². The lowest BCUT2D eigenvalue weighted by molar-refractivity contribution is 0.670. The number of benzene rings is 10. The molecule has 0 aliphatic rings. The molecule has 10 aromatic carbocycles. The molecule has 0 saturated carbocycles. The number of fused-ring (bicyclic) bond motifs is 10. The van der Waals surface area contributed by atoms with Crippen molar-refractivity contribution >= 4 is 76.3 Å². The van der Waals surface area contributed by atoms with E-state index in [2.05, 4.69) is 215 Å². The zero-order valence-corrected chi connectivity index (χ0v) is 33.1. The summed E-state index contributed by atoms with van der Waals surface area (Å²) in [5.74, 6) is 0. The van der Waals surface area contributed by atoms with Gasteiger partial charge in [-0.05, 0) is 105 Å². The minimum atomic E-state index is 0.909. The van der Waals surface area contributed by atoms with Crippen LogP contribution in [-0.2, 0) is 0 Å². The monoisotopic (exact) mass is 776 g/mol. The summed E-state index contributed by atoms with van der Waals surface area (Å²) in [7, 11) is 0. The van der Waals surface area contributed by atoms with Crippen LogP contribution in [0.4, 0.5) is 0 Å². The molecule has 0 bridgehead atoms. The molecule has 3 aromatic heterocycles. The second kappa shape index (κ2) is 13.2. The van der Waals surface area contributed by atoms with Gasteiger partial charge < -0.3 is 13.6 Å². The highest BCUT2D eigenvalue weighted by Gasteiger charge is 2.18. The van der Waals surface area contributed by atoms with Gasteiger partial charge in [-0.2, -0.15) is 0 Å². The van der Waals surface area contributed by atoms with E-state index in [1.807, 2.05) is 12.1 Å². The van der Waals surface area contributed by atoms with Crippen LogP contribution in [0.2, 0.25) is 0 Å². The van der Waals surface area contributed by atoms with Crippen LogP contribution in [0.25, 0.3) is 121 Å². The Bertz CT molecular complexity index is 3860. The maximum absolute atomic E-state index is 6.48. The van der Waals surface area contributed by atoms with Gasteiger partial charge in [-0.25, -0.2) is 0 Å². The molecule has 61 heavy (non-hydrogen) atoms. The van der Waals surface area contributed by atoms with Crippen molar-refractivity contribution in [3.8, 4) is 44.8 Å². The van der Waals surface area contributed by atoms with E-state index in [0.717, 1.165) is 44.3 Å². The van der Waals surface area contributed by atoms with Crippen LogP contribution >= 0.6 is 0 Å². The van der Waals surface area contributed by atoms with Gasteiger partial charge in [0.25, 0.3) is 0 Å². The second-order valence-corrected chi connectivity index (χ2v) is 16.1. The first-order valence-electron chi connectivity index (χ1n) is 20.9. The molecule has 0 fully saturated rings. The minimum Gasteiger partial charge on any atom is -0.455 e. The Kier molecular flexibility index (Phi) is 7.31. The molecular weight excluding hydrogens is 741 g/mol. The van der Waals surface area contributed by atoms with Crippen LogP contribution in [0.5, 0.6) is 0 Å². The predicted octanol–water partition coefficient (Wildman–Crippen LogP) is 15.9. The molecule has 13 aromatic rings. The first-order chi connectivity index (χ1) is 30.2. The Morgan fingerprint density at radius 1 is 0.279 bits per heavy atom.